The van der Waals surface area contributed by atoms with Crippen LogP contribution in [-0.4, -0.2) is 44.2 Å². The summed E-state index contributed by atoms with van der Waals surface area (Å²) in [6.07, 6.45) is 1.61. The fraction of sp³-hybridized carbons (Fsp3) is 0.500. The second kappa shape index (κ2) is 10.4. The molecule has 0 aliphatic heterocycles. The van der Waals surface area contributed by atoms with E-state index in [1.165, 1.54) is 24.1 Å². The number of carbonyl (C=O) groups is 2. The lowest BCUT2D eigenvalue weighted by molar-refractivity contribution is -0.140. The van der Waals surface area contributed by atoms with Crippen LogP contribution in [0, 0.1) is 0 Å². The Morgan fingerprint density at radius 2 is 2.04 bits per heavy atom. The van der Waals surface area contributed by atoms with Crippen molar-refractivity contribution in [3.8, 4) is 5.75 Å². The Labute approximate surface area is 139 Å². The lowest BCUT2D eigenvalue weighted by Crippen LogP contribution is -2.37. The van der Waals surface area contributed by atoms with Gasteiger partial charge in [-0.1, -0.05) is 12.1 Å². The molecule has 1 aromatic carbocycles. The van der Waals surface area contributed by atoms with Crippen molar-refractivity contribution in [1.29, 1.82) is 0 Å². The van der Waals surface area contributed by atoms with Gasteiger partial charge in [0.25, 0.3) is 0 Å². The Morgan fingerprint density at radius 3 is 2.71 bits per heavy atom. The van der Waals surface area contributed by atoms with Gasteiger partial charge >= 0.3 is 18.6 Å². The number of unbranched alkanes of at least 4 members (excludes halogenated alkanes) is 1. The lowest BCUT2D eigenvalue weighted by atomic mass is 10.2. The highest BCUT2D eigenvalue weighted by atomic mass is 19.3. The molecular weight excluding hydrogens is 322 g/mol. The van der Waals surface area contributed by atoms with E-state index in [0.717, 1.165) is 0 Å². The number of urea groups is 1. The monoisotopic (exact) mass is 344 g/mol. The average Bonchev–Trinajstić information content (AvgIpc) is 2.53. The van der Waals surface area contributed by atoms with E-state index in [2.05, 4.69) is 14.8 Å². The minimum Gasteiger partial charge on any atom is -0.469 e. The molecule has 0 heterocycles. The smallest absolute Gasteiger partial charge is 0.387 e. The van der Waals surface area contributed by atoms with Crippen LogP contribution in [-0.2, 0) is 16.1 Å². The predicted molar refractivity (Wildman–Crippen MR) is 83.8 cm³/mol. The number of benzene rings is 1. The maximum absolute atomic E-state index is 12.2. The van der Waals surface area contributed by atoms with Gasteiger partial charge in [-0.3, -0.25) is 4.79 Å². The highest BCUT2D eigenvalue weighted by Crippen LogP contribution is 2.16. The Balaban J connectivity index is 2.34. The van der Waals surface area contributed by atoms with Crippen LogP contribution in [0.3, 0.4) is 0 Å². The van der Waals surface area contributed by atoms with Crippen LogP contribution in [0.1, 0.15) is 24.8 Å². The molecule has 1 aromatic rings. The maximum atomic E-state index is 12.2. The van der Waals surface area contributed by atoms with Gasteiger partial charge in [0, 0.05) is 26.6 Å². The standard InChI is InChI=1S/C16H22F2N2O4/c1-20(16(22)19-9-4-3-8-14(21)23-2)11-12-6-5-7-13(10-12)24-15(17)18/h5-7,10,15H,3-4,8-9,11H2,1-2H3,(H,19,22). The van der Waals surface area contributed by atoms with Crippen molar-refractivity contribution in [2.45, 2.75) is 32.4 Å². The number of carbonyl (C=O) groups excluding carboxylic acids is 2. The van der Waals surface area contributed by atoms with Crippen LogP contribution in [0.15, 0.2) is 24.3 Å². The van der Waals surface area contributed by atoms with E-state index in [1.54, 1.807) is 19.2 Å². The van der Waals surface area contributed by atoms with Crippen LogP contribution in [0.5, 0.6) is 5.75 Å². The molecule has 134 valence electrons. The molecule has 0 aliphatic carbocycles. The van der Waals surface area contributed by atoms with Crippen molar-refractivity contribution in [1.82, 2.24) is 10.2 Å². The van der Waals surface area contributed by atoms with Crippen molar-refractivity contribution in [2.24, 2.45) is 0 Å². The van der Waals surface area contributed by atoms with Crippen LogP contribution in [0.25, 0.3) is 0 Å². The summed E-state index contributed by atoms with van der Waals surface area (Å²) in [5, 5.41) is 2.72. The van der Waals surface area contributed by atoms with Crippen molar-refractivity contribution < 1.29 is 27.8 Å². The average molecular weight is 344 g/mol. The van der Waals surface area contributed by atoms with Gasteiger partial charge in [0.1, 0.15) is 5.75 Å². The molecule has 0 spiro atoms. The first-order valence-electron chi connectivity index (χ1n) is 7.52. The minimum absolute atomic E-state index is 0.0547. The van der Waals surface area contributed by atoms with Gasteiger partial charge in [0.05, 0.1) is 7.11 Å². The summed E-state index contributed by atoms with van der Waals surface area (Å²) in [4.78, 5) is 24.3. The number of nitrogens with one attached hydrogen (secondary N) is 1. The van der Waals surface area contributed by atoms with Crippen molar-refractivity contribution in [2.75, 3.05) is 20.7 Å². The number of hydrogen-bond acceptors (Lipinski definition) is 4. The van der Waals surface area contributed by atoms with E-state index >= 15 is 0 Å². The summed E-state index contributed by atoms with van der Waals surface area (Å²) in [5.41, 5.74) is 0.677. The summed E-state index contributed by atoms with van der Waals surface area (Å²) >= 11 is 0. The Bertz CT molecular complexity index is 541. The summed E-state index contributed by atoms with van der Waals surface area (Å²) in [6, 6.07) is 5.92. The van der Waals surface area contributed by atoms with E-state index in [9.17, 15) is 18.4 Å². The Morgan fingerprint density at radius 1 is 1.29 bits per heavy atom. The third-order valence-electron chi connectivity index (χ3n) is 3.20. The van der Waals surface area contributed by atoms with Crippen LogP contribution < -0.4 is 10.1 Å². The number of nitrogens with zero attached hydrogens (tertiary/aromatic N) is 1. The maximum Gasteiger partial charge on any atom is 0.387 e. The number of esters is 1. The highest BCUT2D eigenvalue weighted by molar-refractivity contribution is 5.73. The van der Waals surface area contributed by atoms with E-state index in [-0.39, 0.29) is 24.3 Å². The van der Waals surface area contributed by atoms with Crippen LogP contribution >= 0.6 is 0 Å². The van der Waals surface area contributed by atoms with Gasteiger partial charge < -0.3 is 19.7 Å². The number of ether oxygens (including phenoxy) is 2. The molecule has 0 saturated heterocycles. The third kappa shape index (κ3) is 7.75. The zero-order valence-corrected chi connectivity index (χ0v) is 13.8. The van der Waals surface area contributed by atoms with E-state index in [4.69, 9.17) is 0 Å². The van der Waals surface area contributed by atoms with E-state index in [1.807, 2.05) is 0 Å². The van der Waals surface area contributed by atoms with E-state index in [0.29, 0.717) is 31.4 Å². The molecule has 0 aromatic heterocycles. The molecule has 0 aliphatic rings. The quantitative estimate of drug-likeness (QED) is 0.552. The molecule has 1 N–H and O–H groups in total. The number of rotatable bonds is 9. The molecule has 0 fully saturated rings. The minimum atomic E-state index is -2.88. The van der Waals surface area contributed by atoms with Gasteiger partial charge in [0.15, 0.2) is 0 Å². The summed E-state index contributed by atoms with van der Waals surface area (Å²) in [6.45, 7) is -2.19. The number of alkyl halides is 2. The zero-order valence-electron chi connectivity index (χ0n) is 13.8. The van der Waals surface area contributed by atoms with Crippen molar-refractivity contribution in [3.05, 3.63) is 29.8 Å². The Hall–Kier alpha value is -2.38. The molecule has 0 saturated carbocycles. The number of amides is 2. The second-order valence-corrected chi connectivity index (χ2v) is 5.15. The molecule has 0 atom stereocenters. The molecule has 1 rings (SSSR count). The van der Waals surface area contributed by atoms with Crippen molar-refractivity contribution in [3.63, 3.8) is 0 Å². The molecule has 0 unspecified atom stereocenters. The molecule has 6 nitrogen and oxygen atoms in total. The largest absolute Gasteiger partial charge is 0.469 e. The fourth-order valence-electron chi connectivity index (χ4n) is 1.99. The van der Waals surface area contributed by atoms with Crippen molar-refractivity contribution >= 4 is 12.0 Å². The molecule has 24 heavy (non-hydrogen) atoms. The molecule has 0 radical (unpaired) electrons. The van der Waals surface area contributed by atoms with E-state index < -0.39 is 6.61 Å². The third-order valence-corrected chi connectivity index (χ3v) is 3.20. The first kappa shape index (κ1) is 19.7. The number of methoxy groups -OCH3 is 1. The molecule has 2 amide bonds. The Kier molecular flexibility index (Phi) is 8.53. The molecule has 0 bridgehead atoms. The molecule has 8 heteroatoms. The van der Waals surface area contributed by atoms with Crippen LogP contribution in [0.2, 0.25) is 0 Å². The highest BCUT2D eigenvalue weighted by Gasteiger charge is 2.10. The van der Waals surface area contributed by atoms with Gasteiger partial charge in [-0.05, 0) is 30.5 Å². The fourth-order valence-corrected chi connectivity index (χ4v) is 1.99. The number of halogens is 2. The summed E-state index contributed by atoms with van der Waals surface area (Å²) in [7, 11) is 2.94. The topological polar surface area (TPSA) is 67.9 Å². The predicted octanol–water partition coefficient (Wildman–Crippen LogP) is 2.77. The first-order valence-corrected chi connectivity index (χ1v) is 7.52. The van der Waals surface area contributed by atoms with Gasteiger partial charge in [0.2, 0.25) is 0 Å². The van der Waals surface area contributed by atoms with Crippen LogP contribution in [0.4, 0.5) is 13.6 Å². The zero-order chi connectivity index (χ0) is 17.9. The first-order chi connectivity index (χ1) is 11.4. The van der Waals surface area contributed by atoms with Gasteiger partial charge in [-0.25, -0.2) is 4.79 Å². The van der Waals surface area contributed by atoms with Gasteiger partial charge in [-0.2, -0.15) is 8.78 Å². The number of hydrogen-bond donors (Lipinski definition) is 1. The second-order valence-electron chi connectivity index (χ2n) is 5.15. The summed E-state index contributed by atoms with van der Waals surface area (Å²) in [5.74, 6) is -0.219. The normalized spacial score (nSPS) is 10.4. The lowest BCUT2D eigenvalue weighted by Gasteiger charge is -2.18. The molecular formula is C16H22F2N2O4. The SMILES string of the molecule is COC(=O)CCCCNC(=O)N(C)Cc1cccc(OC(F)F)c1. The van der Waals surface area contributed by atoms with Gasteiger partial charge in [-0.15, -0.1) is 0 Å². The summed E-state index contributed by atoms with van der Waals surface area (Å²) < 4.78 is 33.2.